The minimum atomic E-state index is -0.456. The van der Waals surface area contributed by atoms with E-state index in [0.29, 0.717) is 17.2 Å². The molecule has 0 saturated heterocycles. The van der Waals surface area contributed by atoms with Gasteiger partial charge in [-0.05, 0) is 38.0 Å². The van der Waals surface area contributed by atoms with Gasteiger partial charge in [0.25, 0.3) is 5.56 Å². The molecule has 0 radical (unpaired) electrons. The topological polar surface area (TPSA) is 126 Å². The molecule has 1 aliphatic carbocycles. The van der Waals surface area contributed by atoms with Crippen molar-refractivity contribution in [2.75, 3.05) is 0 Å². The number of nitrogens with zero attached hydrogens (tertiary/aromatic N) is 7. The van der Waals surface area contributed by atoms with Gasteiger partial charge in [0, 0.05) is 24.2 Å². The van der Waals surface area contributed by atoms with E-state index in [1.807, 2.05) is 6.07 Å². The molecule has 1 fully saturated rings. The predicted octanol–water partition coefficient (Wildman–Crippen LogP) is 2.59. The Morgan fingerprint density at radius 2 is 2.00 bits per heavy atom. The number of nitriles is 1. The smallest absolute Gasteiger partial charge is 0.263 e. The first kappa shape index (κ1) is 19.0. The molecule has 154 valence electrons. The zero-order valence-corrected chi connectivity index (χ0v) is 16.5. The Bertz CT molecular complexity index is 1360. The average molecular weight is 416 g/mol. The first-order chi connectivity index (χ1) is 15.1. The molecule has 9 nitrogen and oxygen atoms in total. The van der Waals surface area contributed by atoms with Crippen LogP contribution in [-0.2, 0) is 0 Å². The van der Waals surface area contributed by atoms with Crippen molar-refractivity contribution in [3.63, 3.8) is 0 Å². The average Bonchev–Trinajstić information content (AvgIpc) is 3.13. The second-order valence-electron chi connectivity index (χ2n) is 7.53. The lowest BCUT2D eigenvalue weighted by atomic mass is 9.72. The molecule has 2 unspecified atom stereocenters. The summed E-state index contributed by atoms with van der Waals surface area (Å²) >= 11 is 0. The van der Waals surface area contributed by atoms with Crippen LogP contribution in [0.15, 0.2) is 41.6 Å². The quantitative estimate of drug-likeness (QED) is 0.542. The highest BCUT2D eigenvalue weighted by molar-refractivity contribution is 5.80. The number of rotatable bonds is 4. The molecule has 0 bridgehead atoms. The van der Waals surface area contributed by atoms with Crippen molar-refractivity contribution in [3.8, 4) is 6.07 Å². The van der Waals surface area contributed by atoms with Crippen molar-refractivity contribution in [1.29, 1.82) is 5.26 Å². The molecule has 0 aromatic carbocycles. The fourth-order valence-corrected chi connectivity index (χ4v) is 3.98. The van der Waals surface area contributed by atoms with Crippen molar-refractivity contribution in [1.82, 2.24) is 34.7 Å². The summed E-state index contributed by atoms with van der Waals surface area (Å²) in [5.74, 6) is 0.815. The van der Waals surface area contributed by atoms with E-state index >= 15 is 0 Å². The van der Waals surface area contributed by atoms with Crippen LogP contribution in [0.4, 0.5) is 4.39 Å². The van der Waals surface area contributed by atoms with E-state index in [-0.39, 0.29) is 22.9 Å². The number of hydrogen-bond donors (Lipinski definition) is 1. The summed E-state index contributed by atoms with van der Waals surface area (Å²) < 4.78 is 14.8. The van der Waals surface area contributed by atoms with Gasteiger partial charge in [0.2, 0.25) is 0 Å². The standard InChI is InChI=1S/C21H17FN8O/c1-11(15-6-3-12(22)10-26-15)30-20-17(16(9-23)29-30)21(31)28-19(27-20)14-5-4-13(14)18-24-7-2-8-25-18/h2-3,6-8,10-11,13-14H,4-5H2,1H3,(H,27,28,31)/t11-,13?,14?/m0/s1. The van der Waals surface area contributed by atoms with Gasteiger partial charge in [-0.2, -0.15) is 10.4 Å². The lowest BCUT2D eigenvalue weighted by Gasteiger charge is -2.34. The SMILES string of the molecule is C[C@@H](c1ccc(F)cn1)n1nc(C#N)c2c(=O)[nH]c(C3CCC3c3ncccn3)nc21. The summed E-state index contributed by atoms with van der Waals surface area (Å²) in [5.41, 5.74) is 0.411. The Hall–Kier alpha value is -4.00. The van der Waals surface area contributed by atoms with Crippen LogP contribution in [0.25, 0.3) is 11.0 Å². The maximum absolute atomic E-state index is 13.3. The number of hydrogen-bond acceptors (Lipinski definition) is 7. The Labute approximate surface area is 175 Å². The van der Waals surface area contributed by atoms with Crippen LogP contribution in [0.3, 0.4) is 0 Å². The highest BCUT2D eigenvalue weighted by Gasteiger charge is 2.37. The van der Waals surface area contributed by atoms with Crippen molar-refractivity contribution in [2.45, 2.75) is 37.6 Å². The Morgan fingerprint density at radius 3 is 2.65 bits per heavy atom. The summed E-state index contributed by atoms with van der Waals surface area (Å²) in [5, 5.41) is 13.9. The number of fused-ring (bicyclic) bond motifs is 1. The summed E-state index contributed by atoms with van der Waals surface area (Å²) in [4.78, 5) is 33.2. The van der Waals surface area contributed by atoms with Crippen molar-refractivity contribution >= 4 is 11.0 Å². The molecule has 4 heterocycles. The third kappa shape index (κ3) is 3.15. The number of halogens is 1. The molecule has 1 N–H and O–H groups in total. The van der Waals surface area contributed by atoms with Gasteiger partial charge in [0.15, 0.2) is 11.3 Å². The number of aromatic nitrogens is 7. The fraction of sp³-hybridized carbons (Fsp3) is 0.286. The van der Waals surface area contributed by atoms with Gasteiger partial charge in [-0.3, -0.25) is 9.78 Å². The monoisotopic (exact) mass is 416 g/mol. The third-order valence-electron chi connectivity index (χ3n) is 5.77. The molecule has 0 aliphatic heterocycles. The number of nitrogens with one attached hydrogen (secondary N) is 1. The van der Waals surface area contributed by atoms with Gasteiger partial charge in [-0.25, -0.2) is 24.0 Å². The fourth-order valence-electron chi connectivity index (χ4n) is 3.98. The van der Waals surface area contributed by atoms with Crippen LogP contribution >= 0.6 is 0 Å². The number of pyridine rings is 1. The molecule has 4 aromatic heterocycles. The van der Waals surface area contributed by atoms with E-state index in [2.05, 4.69) is 25.0 Å². The van der Waals surface area contributed by atoms with E-state index in [9.17, 15) is 14.4 Å². The van der Waals surface area contributed by atoms with Gasteiger partial charge >= 0.3 is 0 Å². The highest BCUT2D eigenvalue weighted by atomic mass is 19.1. The molecular formula is C21H17FN8O. The van der Waals surface area contributed by atoms with E-state index < -0.39 is 17.4 Å². The first-order valence-corrected chi connectivity index (χ1v) is 9.87. The van der Waals surface area contributed by atoms with Gasteiger partial charge in [0.05, 0.1) is 17.9 Å². The van der Waals surface area contributed by atoms with E-state index in [0.717, 1.165) is 24.9 Å². The minimum absolute atomic E-state index is 0.0131. The van der Waals surface area contributed by atoms with Crippen LogP contribution in [0.1, 0.15) is 60.7 Å². The van der Waals surface area contributed by atoms with Gasteiger partial charge in [-0.15, -0.1) is 0 Å². The largest absolute Gasteiger partial charge is 0.310 e. The van der Waals surface area contributed by atoms with Crippen LogP contribution in [0, 0.1) is 17.1 Å². The van der Waals surface area contributed by atoms with Crippen molar-refractivity contribution in [2.24, 2.45) is 0 Å². The van der Waals surface area contributed by atoms with E-state index in [1.54, 1.807) is 31.5 Å². The number of H-pyrrole nitrogens is 1. The predicted molar refractivity (Wildman–Crippen MR) is 108 cm³/mol. The molecule has 0 spiro atoms. The van der Waals surface area contributed by atoms with Gasteiger partial charge < -0.3 is 4.98 Å². The van der Waals surface area contributed by atoms with Gasteiger partial charge in [-0.1, -0.05) is 0 Å². The maximum Gasteiger partial charge on any atom is 0.263 e. The lowest BCUT2D eigenvalue weighted by molar-refractivity contribution is 0.318. The minimum Gasteiger partial charge on any atom is -0.310 e. The molecule has 31 heavy (non-hydrogen) atoms. The summed E-state index contributed by atoms with van der Waals surface area (Å²) in [6.07, 6.45) is 6.25. The Morgan fingerprint density at radius 1 is 1.23 bits per heavy atom. The second kappa shape index (κ2) is 7.36. The van der Waals surface area contributed by atoms with Crippen LogP contribution in [0.5, 0.6) is 0 Å². The lowest BCUT2D eigenvalue weighted by Crippen LogP contribution is -2.28. The molecule has 5 rings (SSSR count). The normalized spacial score (nSPS) is 19.0. The molecular weight excluding hydrogens is 399 g/mol. The van der Waals surface area contributed by atoms with Gasteiger partial charge in [0.1, 0.15) is 28.9 Å². The molecule has 0 amide bonds. The summed E-state index contributed by atoms with van der Waals surface area (Å²) in [7, 11) is 0. The summed E-state index contributed by atoms with van der Waals surface area (Å²) in [6.45, 7) is 1.81. The highest BCUT2D eigenvalue weighted by Crippen LogP contribution is 2.46. The molecule has 3 atom stereocenters. The van der Waals surface area contributed by atoms with Crippen LogP contribution in [-0.4, -0.2) is 34.7 Å². The third-order valence-corrected chi connectivity index (χ3v) is 5.77. The maximum atomic E-state index is 13.3. The van der Waals surface area contributed by atoms with Crippen LogP contribution < -0.4 is 5.56 Å². The molecule has 1 saturated carbocycles. The van der Waals surface area contributed by atoms with Crippen molar-refractivity contribution < 1.29 is 4.39 Å². The Kier molecular flexibility index (Phi) is 4.51. The molecule has 4 aromatic rings. The summed E-state index contributed by atoms with van der Waals surface area (Å²) in [6, 6.07) is 6.12. The first-order valence-electron chi connectivity index (χ1n) is 9.87. The molecule has 1 aliphatic rings. The van der Waals surface area contributed by atoms with Crippen molar-refractivity contribution in [3.05, 3.63) is 76.0 Å². The van der Waals surface area contributed by atoms with E-state index in [4.69, 9.17) is 4.98 Å². The Balaban J connectivity index is 1.61. The van der Waals surface area contributed by atoms with E-state index in [1.165, 1.54) is 10.7 Å². The number of aromatic amines is 1. The molecule has 10 heteroatoms. The zero-order chi connectivity index (χ0) is 21.5. The van der Waals surface area contributed by atoms with Crippen LogP contribution in [0.2, 0.25) is 0 Å². The second-order valence-corrected chi connectivity index (χ2v) is 7.53. The zero-order valence-electron chi connectivity index (χ0n) is 16.5.